The van der Waals surface area contributed by atoms with Crippen LogP contribution in [-0.2, 0) is 15.6 Å². The number of carbonyl (C=O) groups is 2. The number of nitrogens with one attached hydrogen (secondary N) is 1. The van der Waals surface area contributed by atoms with E-state index in [-0.39, 0.29) is 11.7 Å². The zero-order valence-corrected chi connectivity index (χ0v) is 14.5. The highest BCUT2D eigenvalue weighted by molar-refractivity contribution is 14.1. The lowest BCUT2D eigenvalue weighted by molar-refractivity contribution is -0.115. The van der Waals surface area contributed by atoms with Crippen molar-refractivity contribution in [1.82, 2.24) is 0 Å². The van der Waals surface area contributed by atoms with E-state index in [0.717, 1.165) is 45.4 Å². The Hall–Kier alpha value is -0.560. The fourth-order valence-corrected chi connectivity index (χ4v) is 3.79. The molecule has 20 heavy (non-hydrogen) atoms. The van der Waals surface area contributed by atoms with Gasteiger partial charge in [-0.3, -0.25) is 9.59 Å². The van der Waals surface area contributed by atoms with E-state index < -0.39 is 0 Å². The summed E-state index contributed by atoms with van der Waals surface area (Å²) in [5.74, 6) is 1.76. The van der Waals surface area contributed by atoms with Crippen LogP contribution in [0.3, 0.4) is 0 Å². The first kappa shape index (κ1) is 15.8. The topological polar surface area (TPSA) is 46.2 Å². The van der Waals surface area contributed by atoms with Gasteiger partial charge in [-0.2, -0.15) is 11.8 Å². The van der Waals surface area contributed by atoms with E-state index in [1.165, 1.54) is 0 Å². The maximum Gasteiger partial charge on any atom is 0.228 e. The summed E-state index contributed by atoms with van der Waals surface area (Å²) in [5.41, 5.74) is 3.63. The van der Waals surface area contributed by atoms with E-state index in [1.54, 1.807) is 11.8 Å². The fraction of sp³-hybridized carbons (Fsp3) is 0.467. The molecule has 0 atom stereocenters. The van der Waals surface area contributed by atoms with Crippen molar-refractivity contribution in [3.63, 3.8) is 0 Å². The maximum absolute atomic E-state index is 12.3. The number of alkyl halides is 1. The Morgan fingerprint density at radius 2 is 2.25 bits per heavy atom. The molecule has 1 amide bonds. The van der Waals surface area contributed by atoms with Crippen molar-refractivity contribution in [3.8, 4) is 0 Å². The summed E-state index contributed by atoms with van der Waals surface area (Å²) in [7, 11) is 0. The van der Waals surface area contributed by atoms with E-state index in [9.17, 15) is 9.59 Å². The van der Waals surface area contributed by atoms with Crippen LogP contribution in [0.4, 0.5) is 5.69 Å². The van der Waals surface area contributed by atoms with Crippen LogP contribution >= 0.6 is 34.4 Å². The van der Waals surface area contributed by atoms with Crippen molar-refractivity contribution < 1.29 is 9.59 Å². The number of Topliss-reactive ketones (excluding diaryl/α,β-unsaturated/α-hetero) is 1. The van der Waals surface area contributed by atoms with E-state index in [2.05, 4.69) is 34.8 Å². The Bertz CT molecular complexity index is 531. The summed E-state index contributed by atoms with van der Waals surface area (Å²) in [6, 6.07) is 3.86. The van der Waals surface area contributed by atoms with Crippen LogP contribution in [-0.4, -0.2) is 23.2 Å². The number of thioether (sulfide) groups is 1. The predicted molar refractivity (Wildman–Crippen MR) is 93.1 cm³/mol. The molecular formula is C15H18INO2S. The Kier molecular flexibility index (Phi) is 5.89. The lowest BCUT2D eigenvalue weighted by Crippen LogP contribution is -2.07. The monoisotopic (exact) mass is 403 g/mol. The number of halogens is 1. The van der Waals surface area contributed by atoms with Crippen LogP contribution in [0.5, 0.6) is 0 Å². The molecule has 0 saturated heterocycles. The first-order valence-corrected chi connectivity index (χ1v) is 9.46. The van der Waals surface area contributed by atoms with Crippen LogP contribution in [0.1, 0.15) is 41.3 Å². The number of anilines is 1. The molecule has 0 bridgehead atoms. The highest BCUT2D eigenvalue weighted by Gasteiger charge is 2.21. The number of benzene rings is 1. The molecule has 1 aromatic rings. The minimum atomic E-state index is 0.0151. The lowest BCUT2D eigenvalue weighted by atomic mass is 10.0. The van der Waals surface area contributed by atoms with Crippen molar-refractivity contribution in [2.75, 3.05) is 16.8 Å². The molecule has 0 aromatic heterocycles. The Morgan fingerprint density at radius 3 is 2.95 bits per heavy atom. The first-order chi connectivity index (χ1) is 9.65. The smallest absolute Gasteiger partial charge is 0.228 e. The zero-order chi connectivity index (χ0) is 14.5. The van der Waals surface area contributed by atoms with E-state index in [1.807, 2.05) is 12.1 Å². The standard InChI is InChI=1S/C15H18INO2S/c1-2-3-4-20-9-14(18)12-5-10-7-15(19)17-13(10)6-11(12)8-16/h5-6H,2-4,7-9H2,1H3,(H,17,19). The number of hydrogen-bond acceptors (Lipinski definition) is 3. The molecule has 0 radical (unpaired) electrons. The minimum absolute atomic E-state index is 0.0151. The second-order valence-electron chi connectivity index (χ2n) is 4.85. The summed E-state index contributed by atoms with van der Waals surface area (Å²) in [4.78, 5) is 23.8. The molecule has 0 unspecified atom stereocenters. The summed E-state index contributed by atoms with van der Waals surface area (Å²) in [5, 5.41) is 2.84. The third kappa shape index (κ3) is 3.75. The average molecular weight is 403 g/mol. The molecule has 0 fully saturated rings. The molecule has 108 valence electrons. The Morgan fingerprint density at radius 1 is 1.45 bits per heavy atom. The van der Waals surface area contributed by atoms with Gasteiger partial charge in [0.15, 0.2) is 5.78 Å². The Labute approximate surface area is 137 Å². The molecule has 2 rings (SSSR count). The third-order valence-electron chi connectivity index (χ3n) is 3.27. The molecule has 1 heterocycles. The second kappa shape index (κ2) is 7.45. The van der Waals surface area contributed by atoms with Crippen LogP contribution < -0.4 is 5.32 Å². The van der Waals surface area contributed by atoms with Crippen molar-refractivity contribution in [3.05, 3.63) is 28.8 Å². The van der Waals surface area contributed by atoms with Crippen molar-refractivity contribution in [1.29, 1.82) is 0 Å². The third-order valence-corrected chi connectivity index (χ3v) is 5.14. The minimum Gasteiger partial charge on any atom is -0.326 e. The molecule has 0 aliphatic carbocycles. The van der Waals surface area contributed by atoms with Gasteiger partial charge in [0.2, 0.25) is 5.91 Å². The maximum atomic E-state index is 12.3. The molecular weight excluding hydrogens is 385 g/mol. The first-order valence-electron chi connectivity index (χ1n) is 6.78. The number of carbonyl (C=O) groups excluding carboxylic acids is 2. The highest BCUT2D eigenvalue weighted by Crippen LogP contribution is 2.29. The van der Waals surface area contributed by atoms with Crippen LogP contribution in [0.25, 0.3) is 0 Å². The average Bonchev–Trinajstić information content (AvgIpc) is 2.80. The molecule has 1 aromatic carbocycles. The number of ketones is 1. The van der Waals surface area contributed by atoms with Crippen molar-refractivity contribution in [2.45, 2.75) is 30.6 Å². The van der Waals surface area contributed by atoms with E-state index >= 15 is 0 Å². The predicted octanol–water partition coefficient (Wildman–Crippen LogP) is 3.83. The number of fused-ring (bicyclic) bond motifs is 1. The zero-order valence-electron chi connectivity index (χ0n) is 11.5. The number of amides is 1. The van der Waals surface area contributed by atoms with Gasteiger partial charge in [-0.05, 0) is 35.4 Å². The molecule has 3 nitrogen and oxygen atoms in total. The normalized spacial score (nSPS) is 13.2. The van der Waals surface area contributed by atoms with Gasteiger partial charge in [-0.15, -0.1) is 0 Å². The SMILES string of the molecule is CCCCSCC(=O)c1cc2c(cc1CI)NC(=O)C2. The van der Waals surface area contributed by atoms with Gasteiger partial charge in [-0.1, -0.05) is 35.9 Å². The summed E-state index contributed by atoms with van der Waals surface area (Å²) >= 11 is 3.96. The number of rotatable bonds is 7. The molecule has 1 aliphatic heterocycles. The number of unbranched alkanes of at least 4 members (excludes halogenated alkanes) is 1. The second-order valence-corrected chi connectivity index (χ2v) is 6.72. The lowest BCUT2D eigenvalue weighted by Gasteiger charge is -2.09. The van der Waals surface area contributed by atoms with Gasteiger partial charge in [0.25, 0.3) is 0 Å². The van der Waals surface area contributed by atoms with Gasteiger partial charge >= 0.3 is 0 Å². The summed E-state index contributed by atoms with van der Waals surface area (Å²) in [6.07, 6.45) is 2.70. The van der Waals surface area contributed by atoms with Gasteiger partial charge in [0, 0.05) is 15.7 Å². The molecule has 5 heteroatoms. The van der Waals surface area contributed by atoms with Crippen LogP contribution in [0.15, 0.2) is 12.1 Å². The summed E-state index contributed by atoms with van der Waals surface area (Å²) in [6.45, 7) is 2.15. The van der Waals surface area contributed by atoms with Gasteiger partial charge in [0.05, 0.1) is 12.2 Å². The Balaban J connectivity index is 2.12. The fourth-order valence-electron chi connectivity index (χ4n) is 2.18. The summed E-state index contributed by atoms with van der Waals surface area (Å²) < 4.78 is 0.779. The van der Waals surface area contributed by atoms with Crippen LogP contribution in [0, 0.1) is 0 Å². The quantitative estimate of drug-likeness (QED) is 0.326. The van der Waals surface area contributed by atoms with Gasteiger partial charge in [0.1, 0.15) is 0 Å². The van der Waals surface area contributed by atoms with E-state index in [4.69, 9.17) is 0 Å². The largest absolute Gasteiger partial charge is 0.326 e. The van der Waals surface area contributed by atoms with Gasteiger partial charge < -0.3 is 5.32 Å². The van der Waals surface area contributed by atoms with E-state index in [0.29, 0.717) is 12.2 Å². The molecule has 0 spiro atoms. The van der Waals surface area contributed by atoms with Gasteiger partial charge in [-0.25, -0.2) is 0 Å². The number of hydrogen-bond donors (Lipinski definition) is 1. The molecule has 0 saturated carbocycles. The molecule has 1 aliphatic rings. The molecule has 1 N–H and O–H groups in total. The van der Waals surface area contributed by atoms with Crippen molar-refractivity contribution >= 4 is 51.7 Å². The highest BCUT2D eigenvalue weighted by atomic mass is 127. The van der Waals surface area contributed by atoms with Crippen LogP contribution in [0.2, 0.25) is 0 Å². The van der Waals surface area contributed by atoms with Crippen molar-refractivity contribution in [2.24, 2.45) is 0 Å².